The summed E-state index contributed by atoms with van der Waals surface area (Å²) in [5, 5.41) is 6.16. The molecule has 0 fully saturated rings. The highest BCUT2D eigenvalue weighted by Gasteiger charge is 2.10. The lowest BCUT2D eigenvalue weighted by Crippen LogP contribution is -2.36. The molecule has 0 unspecified atom stereocenters. The Labute approximate surface area is 121 Å². The lowest BCUT2D eigenvalue weighted by molar-refractivity contribution is -0.122. The predicted molar refractivity (Wildman–Crippen MR) is 82.6 cm³/mol. The van der Waals surface area contributed by atoms with Crippen LogP contribution in [0.3, 0.4) is 0 Å². The van der Waals surface area contributed by atoms with Gasteiger partial charge in [-0.3, -0.25) is 9.69 Å². The zero-order chi connectivity index (χ0) is 15.0. The Morgan fingerprint density at radius 1 is 1.45 bits per heavy atom. The summed E-state index contributed by atoms with van der Waals surface area (Å²) in [5.41, 5.74) is 1.11. The lowest BCUT2D eigenvalue weighted by Gasteiger charge is -2.18. The molecule has 0 aromatic carbocycles. The third-order valence-corrected chi connectivity index (χ3v) is 2.80. The molecule has 0 aliphatic rings. The van der Waals surface area contributed by atoms with Crippen molar-refractivity contribution in [3.05, 3.63) is 23.9 Å². The van der Waals surface area contributed by atoms with E-state index >= 15 is 0 Å². The summed E-state index contributed by atoms with van der Waals surface area (Å²) in [7, 11) is 1.94. The first-order valence-electron chi connectivity index (χ1n) is 7.16. The van der Waals surface area contributed by atoms with E-state index in [0.29, 0.717) is 19.0 Å². The first kappa shape index (κ1) is 16.4. The Morgan fingerprint density at radius 2 is 2.20 bits per heavy atom. The van der Waals surface area contributed by atoms with Gasteiger partial charge in [-0.15, -0.1) is 0 Å². The summed E-state index contributed by atoms with van der Waals surface area (Å²) in [5.74, 6) is 1.43. The molecule has 0 bridgehead atoms. The molecule has 0 aliphatic heterocycles. The zero-order valence-corrected chi connectivity index (χ0v) is 12.9. The van der Waals surface area contributed by atoms with Gasteiger partial charge in [0, 0.05) is 31.4 Å². The van der Waals surface area contributed by atoms with Crippen LogP contribution in [0, 0.1) is 5.92 Å². The molecule has 5 nitrogen and oxygen atoms in total. The molecule has 1 amide bonds. The summed E-state index contributed by atoms with van der Waals surface area (Å²) >= 11 is 0. The van der Waals surface area contributed by atoms with Gasteiger partial charge in [0.25, 0.3) is 0 Å². The van der Waals surface area contributed by atoms with Crippen molar-refractivity contribution in [2.24, 2.45) is 5.92 Å². The second-order valence-electron chi connectivity index (χ2n) is 5.41. The quantitative estimate of drug-likeness (QED) is 0.760. The number of nitrogens with zero attached hydrogens (tertiary/aromatic N) is 2. The van der Waals surface area contributed by atoms with Crippen molar-refractivity contribution in [2.75, 3.05) is 32.0 Å². The average Bonchev–Trinajstić information content (AvgIpc) is 2.39. The standard InChI is InChI=1S/C15H26N4O/c1-5-16-15-13(7-6-8-17-15)10-19(4)11-14(20)18-9-12(2)3/h6-8,12H,5,9-11H2,1-4H3,(H,16,17)(H,18,20). The van der Waals surface area contributed by atoms with E-state index < -0.39 is 0 Å². The Hall–Kier alpha value is -1.62. The number of amides is 1. The fraction of sp³-hybridized carbons (Fsp3) is 0.600. The summed E-state index contributed by atoms with van der Waals surface area (Å²) in [6.07, 6.45) is 1.77. The first-order valence-corrected chi connectivity index (χ1v) is 7.16. The molecule has 112 valence electrons. The molecule has 5 heteroatoms. The van der Waals surface area contributed by atoms with Crippen molar-refractivity contribution in [1.82, 2.24) is 15.2 Å². The maximum Gasteiger partial charge on any atom is 0.234 e. The topological polar surface area (TPSA) is 57.3 Å². The van der Waals surface area contributed by atoms with Gasteiger partial charge < -0.3 is 10.6 Å². The van der Waals surface area contributed by atoms with Crippen molar-refractivity contribution >= 4 is 11.7 Å². The molecule has 1 heterocycles. The second-order valence-corrected chi connectivity index (χ2v) is 5.41. The zero-order valence-electron chi connectivity index (χ0n) is 12.9. The summed E-state index contributed by atoms with van der Waals surface area (Å²) in [6.45, 7) is 8.87. The molecule has 0 saturated heterocycles. The highest BCUT2D eigenvalue weighted by molar-refractivity contribution is 5.77. The SMILES string of the molecule is CCNc1ncccc1CN(C)CC(=O)NCC(C)C. The molecular formula is C15H26N4O. The number of likely N-dealkylation sites (N-methyl/N-ethyl adjacent to an activating group) is 1. The molecule has 1 rings (SSSR count). The van der Waals surface area contributed by atoms with Gasteiger partial charge in [0.05, 0.1) is 6.54 Å². The number of hydrogen-bond acceptors (Lipinski definition) is 4. The van der Waals surface area contributed by atoms with Crippen molar-refractivity contribution < 1.29 is 4.79 Å². The van der Waals surface area contributed by atoms with Gasteiger partial charge in [-0.1, -0.05) is 19.9 Å². The minimum Gasteiger partial charge on any atom is -0.370 e. The third kappa shape index (κ3) is 6.02. The third-order valence-electron chi connectivity index (χ3n) is 2.80. The summed E-state index contributed by atoms with van der Waals surface area (Å²) < 4.78 is 0. The molecule has 20 heavy (non-hydrogen) atoms. The Morgan fingerprint density at radius 3 is 2.85 bits per heavy atom. The van der Waals surface area contributed by atoms with Crippen LogP contribution in [0.25, 0.3) is 0 Å². The first-order chi connectivity index (χ1) is 9.52. The molecule has 1 aromatic rings. The van der Waals surface area contributed by atoms with E-state index in [-0.39, 0.29) is 5.91 Å². The monoisotopic (exact) mass is 278 g/mol. The smallest absolute Gasteiger partial charge is 0.234 e. The van der Waals surface area contributed by atoms with E-state index in [1.807, 2.05) is 31.0 Å². The number of rotatable bonds is 8. The minimum atomic E-state index is 0.0649. The van der Waals surface area contributed by atoms with Gasteiger partial charge in [-0.05, 0) is 26.0 Å². The number of nitrogens with one attached hydrogen (secondary N) is 2. The van der Waals surface area contributed by atoms with Crippen LogP contribution in [0.2, 0.25) is 0 Å². The lowest BCUT2D eigenvalue weighted by atomic mass is 10.2. The van der Waals surface area contributed by atoms with E-state index in [2.05, 4.69) is 29.5 Å². The summed E-state index contributed by atoms with van der Waals surface area (Å²) in [4.78, 5) is 18.1. The van der Waals surface area contributed by atoms with Gasteiger partial charge in [0.1, 0.15) is 5.82 Å². The molecule has 0 radical (unpaired) electrons. The van der Waals surface area contributed by atoms with E-state index in [4.69, 9.17) is 0 Å². The minimum absolute atomic E-state index is 0.0649. The molecule has 0 atom stereocenters. The Balaban J connectivity index is 2.49. The van der Waals surface area contributed by atoms with Crippen LogP contribution >= 0.6 is 0 Å². The van der Waals surface area contributed by atoms with Crippen LogP contribution in [-0.2, 0) is 11.3 Å². The number of hydrogen-bond donors (Lipinski definition) is 2. The van der Waals surface area contributed by atoms with Crippen molar-refractivity contribution in [3.63, 3.8) is 0 Å². The van der Waals surface area contributed by atoms with Crippen molar-refractivity contribution in [2.45, 2.75) is 27.3 Å². The maximum absolute atomic E-state index is 11.8. The second kappa shape index (κ2) is 8.53. The Bertz CT molecular complexity index is 420. The Kier molecular flexibility index (Phi) is 7.01. The van der Waals surface area contributed by atoms with Gasteiger partial charge in [0.2, 0.25) is 5.91 Å². The van der Waals surface area contributed by atoms with E-state index in [0.717, 1.165) is 24.5 Å². The number of carbonyl (C=O) groups excluding carboxylic acids is 1. The number of pyridine rings is 1. The van der Waals surface area contributed by atoms with Crippen LogP contribution in [-0.4, -0.2) is 42.5 Å². The normalized spacial score (nSPS) is 10.9. The van der Waals surface area contributed by atoms with Gasteiger partial charge in [0.15, 0.2) is 0 Å². The van der Waals surface area contributed by atoms with Crippen LogP contribution < -0.4 is 10.6 Å². The number of aromatic nitrogens is 1. The largest absolute Gasteiger partial charge is 0.370 e. The van der Waals surface area contributed by atoms with Crippen LogP contribution in [0.4, 0.5) is 5.82 Å². The van der Waals surface area contributed by atoms with Gasteiger partial charge >= 0.3 is 0 Å². The van der Waals surface area contributed by atoms with Crippen LogP contribution in [0.5, 0.6) is 0 Å². The summed E-state index contributed by atoms with van der Waals surface area (Å²) in [6, 6.07) is 3.95. The van der Waals surface area contributed by atoms with Crippen molar-refractivity contribution in [1.29, 1.82) is 0 Å². The number of carbonyl (C=O) groups is 1. The molecule has 1 aromatic heterocycles. The fourth-order valence-corrected chi connectivity index (χ4v) is 1.86. The average molecular weight is 278 g/mol. The highest BCUT2D eigenvalue weighted by atomic mass is 16.2. The fourth-order valence-electron chi connectivity index (χ4n) is 1.86. The molecular weight excluding hydrogens is 252 g/mol. The molecule has 0 aliphatic carbocycles. The van der Waals surface area contributed by atoms with Gasteiger partial charge in [-0.25, -0.2) is 4.98 Å². The maximum atomic E-state index is 11.8. The van der Waals surface area contributed by atoms with Crippen LogP contribution in [0.1, 0.15) is 26.3 Å². The molecule has 0 spiro atoms. The van der Waals surface area contributed by atoms with E-state index in [9.17, 15) is 4.79 Å². The molecule has 0 saturated carbocycles. The predicted octanol–water partition coefficient (Wildman–Crippen LogP) is 1.72. The number of anilines is 1. The van der Waals surface area contributed by atoms with E-state index in [1.165, 1.54) is 0 Å². The van der Waals surface area contributed by atoms with Crippen molar-refractivity contribution in [3.8, 4) is 0 Å². The van der Waals surface area contributed by atoms with E-state index in [1.54, 1.807) is 6.20 Å². The highest BCUT2D eigenvalue weighted by Crippen LogP contribution is 2.12. The van der Waals surface area contributed by atoms with Crippen LogP contribution in [0.15, 0.2) is 18.3 Å². The van der Waals surface area contributed by atoms with Gasteiger partial charge in [-0.2, -0.15) is 0 Å². The molecule has 2 N–H and O–H groups in total.